The highest BCUT2D eigenvalue weighted by Gasteiger charge is 2.18. The molecule has 0 aliphatic heterocycles. The molecule has 0 spiro atoms. The van der Waals surface area contributed by atoms with Crippen LogP contribution in [0.15, 0.2) is 51.4 Å². The number of carbonyl (C=O) groups is 1. The number of hydrogen-bond acceptors (Lipinski definition) is 5. The van der Waals surface area contributed by atoms with Gasteiger partial charge in [-0.1, -0.05) is 56.1 Å². The van der Waals surface area contributed by atoms with E-state index < -0.39 is 11.7 Å². The number of halogens is 2. The van der Waals surface area contributed by atoms with Gasteiger partial charge in [0.25, 0.3) is 0 Å². The van der Waals surface area contributed by atoms with Gasteiger partial charge in [-0.25, -0.2) is 9.48 Å². The number of ether oxygens (including phenoxy) is 1. The topological polar surface area (TPSA) is 106 Å². The number of nitrogen functional groups attached to an aromatic ring is 1. The SMILES string of the molecule is CC(C)(C)OC(=O)NCc1ccc(-c2nn(CCc3cc(Br)ccc3Br)c(N)c2C#N)cc1. The molecule has 0 saturated heterocycles. The maximum absolute atomic E-state index is 11.8. The maximum Gasteiger partial charge on any atom is 0.407 e. The number of alkyl carbamates (subject to hydrolysis) is 1. The van der Waals surface area contributed by atoms with Crippen molar-refractivity contribution in [2.75, 3.05) is 5.73 Å². The molecule has 9 heteroatoms. The summed E-state index contributed by atoms with van der Waals surface area (Å²) in [5.74, 6) is 0.342. The number of rotatable bonds is 6. The lowest BCUT2D eigenvalue weighted by Crippen LogP contribution is -2.32. The zero-order valence-corrected chi connectivity index (χ0v) is 21.8. The fraction of sp³-hybridized carbons (Fsp3) is 0.292. The first kappa shape index (κ1) is 24.8. The predicted molar refractivity (Wildman–Crippen MR) is 135 cm³/mol. The van der Waals surface area contributed by atoms with Crippen molar-refractivity contribution in [2.24, 2.45) is 0 Å². The number of amides is 1. The molecule has 3 rings (SSSR count). The van der Waals surface area contributed by atoms with Crippen molar-refractivity contribution in [1.29, 1.82) is 5.26 Å². The summed E-state index contributed by atoms with van der Waals surface area (Å²) in [6, 6.07) is 15.7. The number of nitrogens with two attached hydrogens (primary N) is 1. The average molecular weight is 575 g/mol. The molecule has 7 nitrogen and oxygen atoms in total. The van der Waals surface area contributed by atoms with Crippen molar-refractivity contribution >= 4 is 43.8 Å². The third-order valence-corrected chi connectivity index (χ3v) is 6.03. The van der Waals surface area contributed by atoms with Crippen LogP contribution in [-0.2, 0) is 24.2 Å². The summed E-state index contributed by atoms with van der Waals surface area (Å²) >= 11 is 7.06. The molecule has 0 aliphatic carbocycles. The van der Waals surface area contributed by atoms with Crippen LogP contribution < -0.4 is 11.1 Å². The van der Waals surface area contributed by atoms with E-state index in [0.29, 0.717) is 36.6 Å². The fourth-order valence-electron chi connectivity index (χ4n) is 3.19. The zero-order chi connectivity index (χ0) is 24.2. The van der Waals surface area contributed by atoms with E-state index in [-0.39, 0.29) is 0 Å². The Kier molecular flexibility index (Phi) is 7.82. The van der Waals surface area contributed by atoms with Crippen molar-refractivity contribution in [3.8, 4) is 17.3 Å². The second-order valence-electron chi connectivity index (χ2n) is 8.48. The molecule has 0 unspecified atom stereocenters. The summed E-state index contributed by atoms with van der Waals surface area (Å²) in [5.41, 5.74) is 9.37. The van der Waals surface area contributed by atoms with E-state index in [0.717, 1.165) is 25.6 Å². The normalized spacial score (nSPS) is 11.2. The lowest BCUT2D eigenvalue weighted by atomic mass is 10.1. The van der Waals surface area contributed by atoms with Gasteiger partial charge in [-0.15, -0.1) is 0 Å². The Labute approximate surface area is 210 Å². The van der Waals surface area contributed by atoms with Gasteiger partial charge in [-0.2, -0.15) is 10.4 Å². The predicted octanol–water partition coefficient (Wildman–Crippen LogP) is 5.80. The molecule has 2 aromatic carbocycles. The summed E-state index contributed by atoms with van der Waals surface area (Å²) in [4.78, 5) is 11.8. The van der Waals surface area contributed by atoms with Crippen LogP contribution in [0.4, 0.5) is 10.6 Å². The van der Waals surface area contributed by atoms with Crippen LogP contribution in [0, 0.1) is 11.3 Å². The Morgan fingerprint density at radius 1 is 1.21 bits per heavy atom. The number of anilines is 1. The first-order valence-corrected chi connectivity index (χ1v) is 11.9. The Hall–Kier alpha value is -2.83. The van der Waals surface area contributed by atoms with Crippen molar-refractivity contribution < 1.29 is 9.53 Å². The highest BCUT2D eigenvalue weighted by Crippen LogP contribution is 2.28. The fourth-order valence-corrected chi connectivity index (χ4v) is 4.04. The summed E-state index contributed by atoms with van der Waals surface area (Å²) in [5, 5.41) is 17.0. The molecular weight excluding hydrogens is 550 g/mol. The molecule has 1 aromatic heterocycles. The zero-order valence-electron chi connectivity index (χ0n) is 18.7. The van der Waals surface area contributed by atoms with E-state index >= 15 is 0 Å². The van der Waals surface area contributed by atoms with Crippen LogP contribution in [0.2, 0.25) is 0 Å². The van der Waals surface area contributed by atoms with E-state index in [9.17, 15) is 10.1 Å². The lowest BCUT2D eigenvalue weighted by Gasteiger charge is -2.19. The molecule has 0 bridgehead atoms. The van der Waals surface area contributed by atoms with Gasteiger partial charge in [0.1, 0.15) is 28.7 Å². The smallest absolute Gasteiger partial charge is 0.407 e. The van der Waals surface area contributed by atoms with E-state index in [1.165, 1.54) is 0 Å². The summed E-state index contributed by atoms with van der Waals surface area (Å²) in [7, 11) is 0. The van der Waals surface area contributed by atoms with Gasteiger partial charge >= 0.3 is 6.09 Å². The summed E-state index contributed by atoms with van der Waals surface area (Å²) < 4.78 is 8.92. The maximum atomic E-state index is 11.8. The van der Waals surface area contributed by atoms with Gasteiger partial charge in [0.2, 0.25) is 0 Å². The highest BCUT2D eigenvalue weighted by molar-refractivity contribution is 9.11. The van der Waals surface area contributed by atoms with Crippen molar-refractivity contribution in [3.05, 3.63) is 68.1 Å². The van der Waals surface area contributed by atoms with Gasteiger partial charge in [0, 0.05) is 27.6 Å². The number of nitriles is 1. The largest absolute Gasteiger partial charge is 0.444 e. The third kappa shape index (κ3) is 6.59. The van der Waals surface area contributed by atoms with Gasteiger partial charge in [-0.05, 0) is 56.5 Å². The third-order valence-electron chi connectivity index (χ3n) is 4.77. The van der Waals surface area contributed by atoms with Crippen LogP contribution in [0.5, 0.6) is 0 Å². The summed E-state index contributed by atoms with van der Waals surface area (Å²) in [6.07, 6.45) is 0.229. The summed E-state index contributed by atoms with van der Waals surface area (Å²) in [6.45, 7) is 6.32. The van der Waals surface area contributed by atoms with Crippen molar-refractivity contribution in [2.45, 2.75) is 45.9 Å². The van der Waals surface area contributed by atoms with Crippen molar-refractivity contribution in [3.63, 3.8) is 0 Å². The molecule has 1 heterocycles. The number of aryl methyl sites for hydroxylation is 2. The standard InChI is InChI=1S/C24H25Br2N5O2/c1-24(2,3)33-23(32)29-14-15-4-6-16(7-5-15)21-19(13-27)22(28)31(30-21)11-10-17-12-18(25)8-9-20(17)26/h4-9,12H,10-11,14,28H2,1-3H3,(H,29,32). The molecule has 0 fully saturated rings. The quantitative estimate of drug-likeness (QED) is 0.387. The Morgan fingerprint density at radius 3 is 2.55 bits per heavy atom. The van der Waals surface area contributed by atoms with Gasteiger partial charge in [-0.3, -0.25) is 0 Å². The van der Waals surface area contributed by atoms with Crippen molar-refractivity contribution in [1.82, 2.24) is 15.1 Å². The van der Waals surface area contributed by atoms with Crippen LogP contribution in [0.25, 0.3) is 11.3 Å². The minimum atomic E-state index is -0.548. The van der Waals surface area contributed by atoms with E-state index in [1.807, 2.05) is 63.2 Å². The molecule has 0 atom stereocenters. The van der Waals surface area contributed by atoms with E-state index in [4.69, 9.17) is 10.5 Å². The number of carbonyl (C=O) groups excluding carboxylic acids is 1. The molecule has 0 saturated carbocycles. The minimum Gasteiger partial charge on any atom is -0.444 e. The Morgan fingerprint density at radius 2 is 1.91 bits per heavy atom. The number of nitrogens with zero attached hydrogens (tertiary/aromatic N) is 3. The highest BCUT2D eigenvalue weighted by atomic mass is 79.9. The molecule has 0 radical (unpaired) electrons. The van der Waals surface area contributed by atoms with Crippen LogP contribution >= 0.6 is 31.9 Å². The molecular formula is C24H25Br2N5O2. The molecule has 3 N–H and O–H groups in total. The molecule has 0 aliphatic rings. The second kappa shape index (κ2) is 10.4. The molecule has 3 aromatic rings. The van der Waals surface area contributed by atoms with Gasteiger partial charge in [0.05, 0.1) is 0 Å². The van der Waals surface area contributed by atoms with Crippen LogP contribution in [0.1, 0.15) is 37.5 Å². The minimum absolute atomic E-state index is 0.332. The number of aromatic nitrogens is 2. The molecule has 1 amide bonds. The van der Waals surface area contributed by atoms with Gasteiger partial charge < -0.3 is 15.8 Å². The lowest BCUT2D eigenvalue weighted by molar-refractivity contribution is 0.0523. The Bertz CT molecular complexity index is 1190. The van der Waals surface area contributed by atoms with E-state index in [2.05, 4.69) is 48.3 Å². The van der Waals surface area contributed by atoms with Crippen LogP contribution in [-0.4, -0.2) is 21.5 Å². The van der Waals surface area contributed by atoms with Crippen LogP contribution in [0.3, 0.4) is 0 Å². The molecule has 172 valence electrons. The average Bonchev–Trinajstić information content (AvgIpc) is 3.07. The first-order chi connectivity index (χ1) is 15.6. The number of benzene rings is 2. The van der Waals surface area contributed by atoms with Gasteiger partial charge in [0.15, 0.2) is 0 Å². The molecule has 33 heavy (non-hydrogen) atoms. The van der Waals surface area contributed by atoms with E-state index in [1.54, 1.807) is 4.68 Å². The monoisotopic (exact) mass is 573 g/mol. The second-order valence-corrected chi connectivity index (χ2v) is 10.3. The number of hydrogen-bond donors (Lipinski definition) is 2. The number of nitrogens with one attached hydrogen (secondary N) is 1. The Balaban J connectivity index is 1.73. The first-order valence-electron chi connectivity index (χ1n) is 10.3.